The van der Waals surface area contributed by atoms with Crippen LogP contribution in [-0.2, 0) is 25.9 Å². The molecule has 2 aromatic rings. The first-order valence-corrected chi connectivity index (χ1v) is 9.52. The van der Waals surface area contributed by atoms with Gasteiger partial charge in [-0.2, -0.15) is 5.10 Å². The number of hydrogen-bond acceptors (Lipinski definition) is 5. The molecule has 2 aromatic heterocycles. The molecule has 0 saturated heterocycles. The van der Waals surface area contributed by atoms with Gasteiger partial charge in [-0.1, -0.05) is 25.9 Å². The van der Waals surface area contributed by atoms with Crippen LogP contribution in [0.5, 0.6) is 0 Å². The Kier molecular flexibility index (Phi) is 8.06. The summed E-state index contributed by atoms with van der Waals surface area (Å²) in [4.78, 5) is 9.21. The van der Waals surface area contributed by atoms with Crippen molar-refractivity contribution in [1.82, 2.24) is 30.6 Å². The minimum atomic E-state index is 0. The third-order valence-electron chi connectivity index (χ3n) is 4.46. The second-order valence-electron chi connectivity index (χ2n) is 6.93. The summed E-state index contributed by atoms with van der Waals surface area (Å²) in [7, 11) is 0. The molecule has 0 fully saturated rings. The summed E-state index contributed by atoms with van der Waals surface area (Å²) < 4.78 is 7.39. The zero-order valence-corrected chi connectivity index (χ0v) is 18.9. The molecule has 9 heteroatoms. The van der Waals surface area contributed by atoms with Crippen LogP contribution in [-0.4, -0.2) is 38.5 Å². The molecule has 1 aliphatic rings. The van der Waals surface area contributed by atoms with Gasteiger partial charge in [-0.15, -0.1) is 24.0 Å². The Labute approximate surface area is 177 Å². The molecular formula is C18H30IN7O. The number of rotatable bonds is 6. The summed E-state index contributed by atoms with van der Waals surface area (Å²) >= 11 is 0. The summed E-state index contributed by atoms with van der Waals surface area (Å²) in [6, 6.07) is 2.26. The summed E-state index contributed by atoms with van der Waals surface area (Å²) in [5.74, 6) is 3.94. The highest BCUT2D eigenvalue weighted by molar-refractivity contribution is 14.0. The first-order chi connectivity index (χ1) is 12.6. The minimum absolute atomic E-state index is 0. The van der Waals surface area contributed by atoms with Crippen LogP contribution in [0.25, 0.3) is 0 Å². The lowest BCUT2D eigenvalue weighted by Gasteiger charge is -2.25. The van der Waals surface area contributed by atoms with E-state index in [0.29, 0.717) is 12.5 Å². The molecular weight excluding hydrogens is 457 g/mol. The topological polar surface area (TPSA) is 93.2 Å². The Morgan fingerprint density at radius 1 is 1.41 bits per heavy atom. The quantitative estimate of drug-likeness (QED) is 0.370. The smallest absolute Gasteiger partial charge is 0.191 e. The van der Waals surface area contributed by atoms with Crippen LogP contribution in [0.1, 0.15) is 63.1 Å². The van der Waals surface area contributed by atoms with Crippen molar-refractivity contribution >= 4 is 29.9 Å². The number of hydrogen-bond donors (Lipinski definition) is 2. The molecule has 0 spiro atoms. The highest BCUT2D eigenvalue weighted by Crippen LogP contribution is 2.15. The van der Waals surface area contributed by atoms with Crippen LogP contribution in [0.2, 0.25) is 0 Å². The average Bonchev–Trinajstić information content (AvgIpc) is 3.26. The summed E-state index contributed by atoms with van der Waals surface area (Å²) in [6.07, 6.45) is 2.83. The molecule has 150 valence electrons. The second kappa shape index (κ2) is 10.0. The van der Waals surface area contributed by atoms with E-state index in [2.05, 4.69) is 58.6 Å². The lowest BCUT2D eigenvalue weighted by atomic mass is 10.1. The van der Waals surface area contributed by atoms with Crippen molar-refractivity contribution in [2.24, 2.45) is 4.99 Å². The molecule has 0 aliphatic carbocycles. The van der Waals surface area contributed by atoms with Gasteiger partial charge in [0.2, 0.25) is 0 Å². The normalized spacial score (nSPS) is 16.8. The number of aliphatic imine (C=N–C) groups is 1. The number of halogens is 1. The van der Waals surface area contributed by atoms with Gasteiger partial charge < -0.3 is 15.2 Å². The van der Waals surface area contributed by atoms with E-state index in [1.54, 1.807) is 0 Å². The summed E-state index contributed by atoms with van der Waals surface area (Å²) in [6.45, 7) is 10.4. The van der Waals surface area contributed by atoms with Gasteiger partial charge in [-0.05, 0) is 19.3 Å². The predicted octanol–water partition coefficient (Wildman–Crippen LogP) is 2.64. The van der Waals surface area contributed by atoms with E-state index >= 15 is 0 Å². The van der Waals surface area contributed by atoms with Gasteiger partial charge >= 0.3 is 0 Å². The zero-order chi connectivity index (χ0) is 18.5. The third-order valence-corrected chi connectivity index (χ3v) is 4.46. The maximum Gasteiger partial charge on any atom is 0.191 e. The minimum Gasteiger partial charge on any atom is -0.359 e. The van der Waals surface area contributed by atoms with Gasteiger partial charge in [0.05, 0.1) is 12.2 Å². The molecule has 0 saturated carbocycles. The zero-order valence-electron chi connectivity index (χ0n) is 16.5. The van der Waals surface area contributed by atoms with Crippen LogP contribution < -0.4 is 10.6 Å². The van der Waals surface area contributed by atoms with E-state index < -0.39 is 0 Å². The predicted molar refractivity (Wildman–Crippen MR) is 115 cm³/mol. The molecule has 0 bridgehead atoms. The number of fused-ring (bicyclic) bond motifs is 1. The molecule has 27 heavy (non-hydrogen) atoms. The SMILES string of the molecule is CCNC(=NCc1cc(C(C)C)no1)NC1CCc2nc(CC)nn2C1.I. The van der Waals surface area contributed by atoms with Crippen molar-refractivity contribution in [1.29, 1.82) is 0 Å². The molecule has 0 aromatic carbocycles. The van der Waals surface area contributed by atoms with Crippen molar-refractivity contribution in [3.05, 3.63) is 29.2 Å². The van der Waals surface area contributed by atoms with Crippen molar-refractivity contribution in [3.8, 4) is 0 Å². The molecule has 0 radical (unpaired) electrons. The Morgan fingerprint density at radius 3 is 2.89 bits per heavy atom. The maximum atomic E-state index is 5.37. The van der Waals surface area contributed by atoms with Crippen molar-refractivity contribution in [3.63, 3.8) is 0 Å². The fraction of sp³-hybridized carbons (Fsp3) is 0.667. The Hall–Kier alpha value is -1.65. The Balaban J connectivity index is 0.00000261. The van der Waals surface area contributed by atoms with Gasteiger partial charge in [0.1, 0.15) is 12.4 Å². The van der Waals surface area contributed by atoms with E-state index in [-0.39, 0.29) is 30.0 Å². The van der Waals surface area contributed by atoms with Crippen molar-refractivity contribution in [2.45, 2.75) is 72.0 Å². The van der Waals surface area contributed by atoms with Gasteiger partial charge in [-0.25, -0.2) is 14.7 Å². The molecule has 3 rings (SSSR count). The first kappa shape index (κ1) is 21.6. The Morgan fingerprint density at radius 2 is 2.22 bits per heavy atom. The van der Waals surface area contributed by atoms with Crippen LogP contribution in [0.3, 0.4) is 0 Å². The molecule has 1 aliphatic heterocycles. The van der Waals surface area contributed by atoms with Gasteiger partial charge in [0.25, 0.3) is 0 Å². The van der Waals surface area contributed by atoms with Crippen LogP contribution >= 0.6 is 24.0 Å². The lowest BCUT2D eigenvalue weighted by Crippen LogP contribution is -2.47. The number of nitrogens with one attached hydrogen (secondary N) is 2. The monoisotopic (exact) mass is 487 g/mol. The Bertz CT molecular complexity index is 753. The van der Waals surface area contributed by atoms with E-state index in [1.165, 1.54) is 0 Å². The molecule has 1 unspecified atom stereocenters. The average molecular weight is 487 g/mol. The highest BCUT2D eigenvalue weighted by Gasteiger charge is 2.22. The summed E-state index contributed by atoms with van der Waals surface area (Å²) in [5, 5.41) is 15.5. The van der Waals surface area contributed by atoms with Crippen LogP contribution in [0.15, 0.2) is 15.6 Å². The van der Waals surface area contributed by atoms with Gasteiger partial charge in [-0.3, -0.25) is 0 Å². The molecule has 2 N–H and O–H groups in total. The number of aryl methyl sites for hydroxylation is 2. The fourth-order valence-electron chi connectivity index (χ4n) is 2.97. The standard InChI is InChI=1S/C18H29N7O.HI/c1-5-16-22-17-8-7-13(11-25(17)23-16)21-18(19-6-2)20-10-14-9-15(12(3)4)24-26-14;/h9,12-13H,5-8,10-11H2,1-4H3,(H2,19,20,21);1H. The largest absolute Gasteiger partial charge is 0.359 e. The number of nitrogens with zero attached hydrogens (tertiary/aromatic N) is 5. The third kappa shape index (κ3) is 5.66. The first-order valence-electron chi connectivity index (χ1n) is 9.52. The van der Waals surface area contributed by atoms with E-state index in [4.69, 9.17) is 4.52 Å². The lowest BCUT2D eigenvalue weighted by molar-refractivity contribution is 0.375. The molecule has 1 atom stereocenters. The fourth-order valence-corrected chi connectivity index (χ4v) is 2.97. The molecule has 8 nitrogen and oxygen atoms in total. The molecule has 3 heterocycles. The van der Waals surface area contributed by atoms with Crippen molar-refractivity contribution in [2.75, 3.05) is 6.54 Å². The highest BCUT2D eigenvalue weighted by atomic mass is 127. The van der Waals surface area contributed by atoms with Gasteiger partial charge in [0, 0.05) is 31.5 Å². The second-order valence-corrected chi connectivity index (χ2v) is 6.93. The summed E-state index contributed by atoms with van der Waals surface area (Å²) in [5.41, 5.74) is 0.964. The van der Waals surface area contributed by atoms with E-state index in [0.717, 1.165) is 61.4 Å². The van der Waals surface area contributed by atoms with Crippen molar-refractivity contribution < 1.29 is 4.52 Å². The van der Waals surface area contributed by atoms with Crippen LogP contribution in [0, 0.1) is 0 Å². The maximum absolute atomic E-state index is 5.37. The van der Waals surface area contributed by atoms with Gasteiger partial charge in [0.15, 0.2) is 17.5 Å². The molecule has 0 amide bonds. The number of guanidine groups is 1. The van der Waals surface area contributed by atoms with E-state index in [1.807, 2.05) is 10.7 Å². The van der Waals surface area contributed by atoms with Crippen LogP contribution in [0.4, 0.5) is 0 Å². The number of aromatic nitrogens is 4. The van der Waals surface area contributed by atoms with E-state index in [9.17, 15) is 0 Å².